The minimum absolute atomic E-state index is 0.232. The zero-order valence-corrected chi connectivity index (χ0v) is 26.5. The third-order valence-electron chi connectivity index (χ3n) is 7.91. The zero-order valence-electron chi connectivity index (χ0n) is 24.2. The standard InChI is InChI=1S/C34H29Cl2N3O4S/c1-21-15-26(22(2)39(21)28-9-11-29(12-10-28)43-20-25-7-8-27(35)17-30(25)36)16-31-33(41)38(34(42)44-31)19-32(40)37-14-13-23-5-3-4-6-24(23)18-37/h3-12,15-17H,13-14,18-20H2,1-2H3/b31-16-. The van der Waals surface area contributed by atoms with Gasteiger partial charge in [-0.1, -0.05) is 53.5 Å². The van der Waals surface area contributed by atoms with E-state index in [-0.39, 0.29) is 12.5 Å². The van der Waals surface area contributed by atoms with E-state index < -0.39 is 11.1 Å². The van der Waals surface area contributed by atoms with Crippen LogP contribution in [0.1, 0.15) is 33.6 Å². The van der Waals surface area contributed by atoms with Gasteiger partial charge < -0.3 is 14.2 Å². The van der Waals surface area contributed by atoms with Crippen LogP contribution in [0.4, 0.5) is 4.79 Å². The van der Waals surface area contributed by atoms with Crippen LogP contribution >= 0.6 is 35.0 Å². The van der Waals surface area contributed by atoms with Crippen molar-refractivity contribution in [2.75, 3.05) is 13.1 Å². The summed E-state index contributed by atoms with van der Waals surface area (Å²) in [6.45, 7) is 5.05. The minimum atomic E-state index is -0.446. The molecule has 1 aromatic heterocycles. The summed E-state index contributed by atoms with van der Waals surface area (Å²) in [6, 6.07) is 23.0. The number of fused-ring (bicyclic) bond motifs is 1. The summed E-state index contributed by atoms with van der Waals surface area (Å²) >= 11 is 13.1. The van der Waals surface area contributed by atoms with Crippen molar-refractivity contribution >= 4 is 58.1 Å². The lowest BCUT2D eigenvalue weighted by Crippen LogP contribution is -2.44. The molecule has 0 radical (unpaired) electrons. The lowest BCUT2D eigenvalue weighted by Gasteiger charge is -2.29. The van der Waals surface area contributed by atoms with Crippen LogP contribution < -0.4 is 4.74 Å². The molecule has 0 aliphatic carbocycles. The Balaban J connectivity index is 1.13. The molecule has 0 bridgehead atoms. The van der Waals surface area contributed by atoms with Gasteiger partial charge in [0.25, 0.3) is 11.1 Å². The average Bonchev–Trinajstić information content (AvgIpc) is 3.44. The molecule has 224 valence electrons. The number of ether oxygens (including phenoxy) is 1. The number of halogens is 2. The molecule has 3 aromatic carbocycles. The Kier molecular flexibility index (Phi) is 8.58. The van der Waals surface area contributed by atoms with E-state index in [2.05, 4.69) is 10.6 Å². The second-order valence-corrected chi connectivity index (χ2v) is 12.6. The second-order valence-electron chi connectivity index (χ2n) is 10.8. The van der Waals surface area contributed by atoms with E-state index in [4.69, 9.17) is 27.9 Å². The van der Waals surface area contributed by atoms with Gasteiger partial charge >= 0.3 is 0 Å². The van der Waals surface area contributed by atoms with Gasteiger partial charge in [-0.05, 0) is 97.3 Å². The van der Waals surface area contributed by atoms with Crippen LogP contribution in [-0.4, -0.2) is 44.5 Å². The molecule has 1 fully saturated rings. The van der Waals surface area contributed by atoms with Crippen LogP contribution in [0.3, 0.4) is 0 Å². The van der Waals surface area contributed by atoms with E-state index >= 15 is 0 Å². The van der Waals surface area contributed by atoms with E-state index in [0.717, 1.165) is 56.8 Å². The molecule has 3 heterocycles. The van der Waals surface area contributed by atoms with Crippen molar-refractivity contribution in [2.45, 2.75) is 33.4 Å². The molecule has 10 heteroatoms. The Morgan fingerprint density at radius 2 is 1.73 bits per heavy atom. The third-order valence-corrected chi connectivity index (χ3v) is 9.41. The van der Waals surface area contributed by atoms with Crippen molar-refractivity contribution in [1.29, 1.82) is 0 Å². The number of benzene rings is 3. The number of aryl methyl sites for hydroxylation is 1. The molecule has 0 unspecified atom stereocenters. The fourth-order valence-electron chi connectivity index (χ4n) is 5.54. The molecule has 0 N–H and O–H groups in total. The number of carbonyl (C=O) groups is 3. The molecule has 2 aliphatic heterocycles. The largest absolute Gasteiger partial charge is 0.489 e. The molecular formula is C34H29Cl2N3O4S. The van der Waals surface area contributed by atoms with Gasteiger partial charge in [0, 0.05) is 45.8 Å². The Hall–Kier alpha value is -3.98. The van der Waals surface area contributed by atoms with Crippen LogP contribution in [-0.2, 0) is 29.2 Å². The summed E-state index contributed by atoms with van der Waals surface area (Å²) in [5, 5.41) is 0.694. The fourth-order valence-corrected chi connectivity index (χ4v) is 6.84. The number of thioether (sulfide) groups is 1. The third kappa shape index (κ3) is 6.15. The average molecular weight is 647 g/mol. The molecule has 0 atom stereocenters. The fraction of sp³-hybridized carbons (Fsp3) is 0.206. The van der Waals surface area contributed by atoms with Crippen molar-refractivity contribution in [3.8, 4) is 11.4 Å². The maximum atomic E-state index is 13.3. The van der Waals surface area contributed by atoms with Crippen LogP contribution in [0.15, 0.2) is 77.7 Å². The monoisotopic (exact) mass is 645 g/mol. The van der Waals surface area contributed by atoms with Crippen molar-refractivity contribution < 1.29 is 19.1 Å². The van der Waals surface area contributed by atoms with E-state index in [1.54, 1.807) is 23.1 Å². The molecule has 2 aliphatic rings. The summed E-state index contributed by atoms with van der Waals surface area (Å²) in [5.74, 6) is 0.0159. The normalized spacial score (nSPS) is 15.7. The number of nitrogens with zero attached hydrogens (tertiary/aromatic N) is 3. The lowest BCUT2D eigenvalue weighted by molar-refractivity contribution is -0.136. The van der Waals surface area contributed by atoms with Gasteiger partial charge in [0.2, 0.25) is 5.91 Å². The maximum absolute atomic E-state index is 13.3. The SMILES string of the molecule is Cc1cc(/C=C2\SC(=O)N(CC(=O)N3CCc4ccccc4C3)C2=O)c(C)n1-c1ccc(OCc2ccc(Cl)cc2Cl)cc1. The first kappa shape index (κ1) is 30.1. The van der Waals surface area contributed by atoms with E-state index in [1.165, 1.54) is 5.56 Å². The van der Waals surface area contributed by atoms with Gasteiger partial charge in [-0.15, -0.1) is 0 Å². The van der Waals surface area contributed by atoms with Crippen molar-refractivity contribution in [2.24, 2.45) is 0 Å². The summed E-state index contributed by atoms with van der Waals surface area (Å²) in [6.07, 6.45) is 2.49. The highest BCUT2D eigenvalue weighted by atomic mass is 35.5. The predicted molar refractivity (Wildman–Crippen MR) is 174 cm³/mol. The molecule has 4 aromatic rings. The number of aromatic nitrogens is 1. The summed E-state index contributed by atoms with van der Waals surface area (Å²) in [4.78, 5) is 42.2. The highest BCUT2D eigenvalue weighted by Gasteiger charge is 2.37. The zero-order chi connectivity index (χ0) is 31.0. The lowest BCUT2D eigenvalue weighted by atomic mass is 10.00. The van der Waals surface area contributed by atoms with Gasteiger partial charge in [0.15, 0.2) is 0 Å². The summed E-state index contributed by atoms with van der Waals surface area (Å²) < 4.78 is 8.00. The molecule has 0 saturated carbocycles. The second kappa shape index (κ2) is 12.6. The first-order valence-corrected chi connectivity index (χ1v) is 15.7. The maximum Gasteiger partial charge on any atom is 0.294 e. The quantitative estimate of drug-likeness (QED) is 0.194. The Bertz CT molecular complexity index is 1820. The highest BCUT2D eigenvalue weighted by molar-refractivity contribution is 8.18. The first-order valence-electron chi connectivity index (χ1n) is 14.1. The molecule has 0 spiro atoms. The molecule has 6 rings (SSSR count). The van der Waals surface area contributed by atoms with Gasteiger partial charge in [-0.2, -0.15) is 0 Å². The van der Waals surface area contributed by atoms with E-state index in [0.29, 0.717) is 40.4 Å². The van der Waals surface area contributed by atoms with Gasteiger partial charge in [-0.3, -0.25) is 19.3 Å². The molecular weight excluding hydrogens is 617 g/mol. The Morgan fingerprint density at radius 1 is 0.977 bits per heavy atom. The van der Waals surface area contributed by atoms with Crippen LogP contribution in [0.5, 0.6) is 5.75 Å². The number of carbonyl (C=O) groups excluding carboxylic acids is 3. The summed E-state index contributed by atoms with van der Waals surface area (Å²) in [7, 11) is 0. The van der Waals surface area contributed by atoms with E-state index in [1.807, 2.05) is 68.4 Å². The topological polar surface area (TPSA) is 71.9 Å². The van der Waals surface area contributed by atoms with Crippen molar-refractivity contribution in [3.05, 3.63) is 121 Å². The van der Waals surface area contributed by atoms with Gasteiger partial charge in [0.05, 0.1) is 4.91 Å². The predicted octanol–water partition coefficient (Wildman–Crippen LogP) is 7.60. The highest BCUT2D eigenvalue weighted by Crippen LogP contribution is 2.34. The van der Waals surface area contributed by atoms with Gasteiger partial charge in [-0.25, -0.2) is 0 Å². The molecule has 3 amide bonds. The number of hydrogen-bond acceptors (Lipinski definition) is 5. The van der Waals surface area contributed by atoms with Crippen LogP contribution in [0, 0.1) is 13.8 Å². The van der Waals surface area contributed by atoms with Gasteiger partial charge in [0.1, 0.15) is 18.9 Å². The first-order chi connectivity index (χ1) is 21.2. The van der Waals surface area contributed by atoms with Crippen molar-refractivity contribution in [1.82, 2.24) is 14.4 Å². The van der Waals surface area contributed by atoms with Crippen LogP contribution in [0.25, 0.3) is 11.8 Å². The van der Waals surface area contributed by atoms with Crippen LogP contribution in [0.2, 0.25) is 10.0 Å². The number of hydrogen-bond donors (Lipinski definition) is 0. The smallest absolute Gasteiger partial charge is 0.294 e. The van der Waals surface area contributed by atoms with Crippen molar-refractivity contribution in [3.63, 3.8) is 0 Å². The molecule has 44 heavy (non-hydrogen) atoms. The van der Waals surface area contributed by atoms with E-state index in [9.17, 15) is 14.4 Å². The minimum Gasteiger partial charge on any atom is -0.489 e. The number of rotatable bonds is 7. The number of amides is 3. The molecule has 1 saturated heterocycles. The molecule has 7 nitrogen and oxygen atoms in total. The number of imide groups is 1. The Morgan fingerprint density at radius 3 is 2.48 bits per heavy atom. The summed E-state index contributed by atoms with van der Waals surface area (Å²) in [5.41, 5.74) is 6.80. The Labute approximate surface area is 270 Å².